The third-order valence-corrected chi connectivity index (χ3v) is 5.99. The Balaban J connectivity index is 1.92. The van der Waals surface area contributed by atoms with Crippen LogP contribution >= 0.6 is 0 Å². The number of nitrogens with zero attached hydrogens (tertiary/aromatic N) is 5. The van der Waals surface area contributed by atoms with E-state index in [4.69, 9.17) is 4.42 Å². The van der Waals surface area contributed by atoms with E-state index in [1.807, 2.05) is 13.8 Å². The molecule has 0 saturated carbocycles. The molecule has 1 aliphatic heterocycles. The maximum Gasteiger partial charge on any atom is 0.246 e. The maximum absolute atomic E-state index is 13.1. The smallest absolute Gasteiger partial charge is 0.246 e. The quantitative estimate of drug-likeness (QED) is 0.734. The van der Waals surface area contributed by atoms with Crippen LogP contribution in [0.5, 0.6) is 0 Å². The molecule has 2 aromatic heterocycles. The molecule has 1 saturated heterocycles. The molecule has 3 heterocycles. The average molecular weight is 395 g/mol. The number of anilines is 1. The maximum atomic E-state index is 13.1. The lowest BCUT2D eigenvalue weighted by Gasteiger charge is -2.36. The number of aryl methyl sites for hydroxylation is 1. The number of hydrogen-bond donors (Lipinski definition) is 0. The van der Waals surface area contributed by atoms with Gasteiger partial charge >= 0.3 is 0 Å². The number of carbonyl (C=O) groups excluding carboxylic acids is 1. The van der Waals surface area contributed by atoms with Crippen molar-refractivity contribution in [3.8, 4) is 0 Å². The van der Waals surface area contributed by atoms with Crippen LogP contribution in [0.2, 0.25) is 0 Å². The molecule has 2 aromatic rings. The van der Waals surface area contributed by atoms with Gasteiger partial charge in [0.05, 0.1) is 24.7 Å². The van der Waals surface area contributed by atoms with Crippen molar-refractivity contribution >= 4 is 21.7 Å². The second-order valence-corrected chi connectivity index (χ2v) is 9.02. The Kier molecular flexibility index (Phi) is 5.38. The van der Waals surface area contributed by atoms with Crippen LogP contribution in [-0.4, -0.2) is 52.2 Å². The Morgan fingerprint density at radius 1 is 1.41 bits per heavy atom. The van der Waals surface area contributed by atoms with Gasteiger partial charge < -0.3 is 4.42 Å². The molecule has 0 bridgehead atoms. The van der Waals surface area contributed by atoms with E-state index < -0.39 is 16.1 Å². The molecule has 0 N–H and O–H groups in total. The van der Waals surface area contributed by atoms with Crippen LogP contribution in [0, 0.1) is 0 Å². The Morgan fingerprint density at radius 3 is 2.74 bits per heavy atom. The highest BCUT2D eigenvalue weighted by Crippen LogP contribution is 2.27. The number of rotatable bonds is 6. The molecular weight excluding hydrogens is 370 g/mol. The van der Waals surface area contributed by atoms with Gasteiger partial charge in [0.25, 0.3) is 0 Å². The molecule has 0 aromatic carbocycles. The Hall–Kier alpha value is -2.20. The molecule has 1 amide bonds. The topological polar surface area (TPSA) is 102 Å². The van der Waals surface area contributed by atoms with E-state index in [-0.39, 0.29) is 18.4 Å². The summed E-state index contributed by atoms with van der Waals surface area (Å²) in [5.74, 6) is 1.11. The summed E-state index contributed by atoms with van der Waals surface area (Å²) in [6, 6.07) is 0.972. The summed E-state index contributed by atoms with van der Waals surface area (Å²) < 4.78 is 33.3. The van der Waals surface area contributed by atoms with Crippen molar-refractivity contribution in [3.05, 3.63) is 30.1 Å². The van der Waals surface area contributed by atoms with E-state index in [0.717, 1.165) is 6.26 Å². The van der Waals surface area contributed by atoms with Gasteiger partial charge in [-0.1, -0.05) is 13.8 Å². The van der Waals surface area contributed by atoms with E-state index >= 15 is 0 Å². The summed E-state index contributed by atoms with van der Waals surface area (Å²) >= 11 is 0. The molecule has 0 spiro atoms. The Labute approximate surface area is 159 Å². The lowest BCUT2D eigenvalue weighted by atomic mass is 10.0. The molecule has 9 nitrogen and oxygen atoms in total. The predicted octanol–water partition coefficient (Wildman–Crippen LogP) is 1.49. The zero-order valence-electron chi connectivity index (χ0n) is 16.0. The van der Waals surface area contributed by atoms with E-state index in [0.29, 0.717) is 36.7 Å². The molecule has 0 aliphatic carbocycles. The predicted molar refractivity (Wildman–Crippen MR) is 99.6 cm³/mol. The Morgan fingerprint density at radius 2 is 2.15 bits per heavy atom. The lowest BCUT2D eigenvalue weighted by Crippen LogP contribution is -2.54. The van der Waals surface area contributed by atoms with E-state index in [2.05, 4.69) is 10.1 Å². The van der Waals surface area contributed by atoms with Gasteiger partial charge in [0, 0.05) is 25.6 Å². The monoisotopic (exact) mass is 395 g/mol. The first-order valence-corrected chi connectivity index (χ1v) is 10.7. The summed E-state index contributed by atoms with van der Waals surface area (Å²) in [6.07, 6.45) is 5.22. The minimum Gasteiger partial charge on any atom is -0.448 e. The van der Waals surface area contributed by atoms with E-state index in [1.54, 1.807) is 28.9 Å². The molecule has 1 unspecified atom stereocenters. The van der Waals surface area contributed by atoms with Crippen molar-refractivity contribution in [3.63, 3.8) is 0 Å². The zero-order chi connectivity index (χ0) is 19.8. The van der Waals surface area contributed by atoms with Gasteiger partial charge in [-0.3, -0.25) is 14.4 Å². The summed E-state index contributed by atoms with van der Waals surface area (Å²) in [6.45, 7) is 4.45. The third-order valence-electron chi connectivity index (χ3n) is 4.76. The molecule has 1 aliphatic rings. The molecule has 0 radical (unpaired) electrons. The molecule has 148 valence electrons. The van der Waals surface area contributed by atoms with Gasteiger partial charge in [-0.15, -0.1) is 0 Å². The van der Waals surface area contributed by atoms with Crippen LogP contribution in [0.15, 0.2) is 23.1 Å². The van der Waals surface area contributed by atoms with Crippen molar-refractivity contribution in [2.24, 2.45) is 7.05 Å². The second kappa shape index (κ2) is 7.43. The molecule has 1 fully saturated rings. The standard InChI is InChI=1S/C17H25N5O4S/c1-12(2)16-13(18-11-26-16)10-22(27(4,24)25)14-6-5-9-21(17(14)23)15-7-8-19-20(15)3/h7-8,11-12,14H,5-6,9-10H2,1-4H3. The van der Waals surface area contributed by atoms with Crippen LogP contribution in [-0.2, 0) is 28.4 Å². The first kappa shape index (κ1) is 19.6. The minimum absolute atomic E-state index is 0.0124. The van der Waals surface area contributed by atoms with Gasteiger partial charge in [0.1, 0.15) is 17.6 Å². The van der Waals surface area contributed by atoms with Crippen LogP contribution in [0.4, 0.5) is 5.82 Å². The number of piperidine rings is 1. The van der Waals surface area contributed by atoms with Crippen LogP contribution in [0.1, 0.15) is 44.1 Å². The highest BCUT2D eigenvalue weighted by atomic mass is 32.2. The highest BCUT2D eigenvalue weighted by molar-refractivity contribution is 7.88. The van der Waals surface area contributed by atoms with Crippen LogP contribution < -0.4 is 4.90 Å². The summed E-state index contributed by atoms with van der Waals surface area (Å²) in [7, 11) is -1.88. The van der Waals surface area contributed by atoms with E-state index in [1.165, 1.54) is 10.7 Å². The van der Waals surface area contributed by atoms with Crippen LogP contribution in [0.25, 0.3) is 0 Å². The largest absolute Gasteiger partial charge is 0.448 e. The molecule has 27 heavy (non-hydrogen) atoms. The minimum atomic E-state index is -3.64. The van der Waals surface area contributed by atoms with Crippen molar-refractivity contribution in [1.29, 1.82) is 0 Å². The normalized spacial score (nSPS) is 18.7. The zero-order valence-corrected chi connectivity index (χ0v) is 16.8. The SMILES string of the molecule is CC(C)c1ocnc1CN(C1CCCN(c2ccnn2C)C1=O)S(C)(=O)=O. The summed E-state index contributed by atoms with van der Waals surface area (Å²) in [5.41, 5.74) is 0.542. The average Bonchev–Trinajstić information content (AvgIpc) is 3.21. The number of sulfonamides is 1. The fraction of sp³-hybridized carbons (Fsp3) is 0.588. The Bertz CT molecular complexity index is 917. The summed E-state index contributed by atoms with van der Waals surface area (Å²) in [5, 5.41) is 4.11. The van der Waals surface area contributed by atoms with Gasteiger partial charge in [0.15, 0.2) is 6.39 Å². The second-order valence-electron chi connectivity index (χ2n) is 7.09. The van der Waals surface area contributed by atoms with Gasteiger partial charge in [-0.05, 0) is 12.8 Å². The fourth-order valence-electron chi connectivity index (χ4n) is 3.46. The van der Waals surface area contributed by atoms with Gasteiger partial charge in [-0.25, -0.2) is 13.4 Å². The van der Waals surface area contributed by atoms with Crippen LogP contribution in [0.3, 0.4) is 0 Å². The fourth-order valence-corrected chi connectivity index (χ4v) is 4.47. The summed E-state index contributed by atoms with van der Waals surface area (Å²) in [4.78, 5) is 18.9. The van der Waals surface area contributed by atoms with E-state index in [9.17, 15) is 13.2 Å². The number of aromatic nitrogens is 3. The molecule has 1 atom stereocenters. The van der Waals surface area contributed by atoms with Crippen molar-refractivity contribution in [2.75, 3.05) is 17.7 Å². The number of amides is 1. The lowest BCUT2D eigenvalue weighted by molar-refractivity contribution is -0.123. The third kappa shape index (κ3) is 3.91. The van der Waals surface area contributed by atoms with Crippen molar-refractivity contribution < 1.29 is 17.6 Å². The molecular formula is C17H25N5O4S. The number of oxazole rings is 1. The first-order valence-electron chi connectivity index (χ1n) is 8.88. The molecule has 3 rings (SSSR count). The number of hydrogen-bond acceptors (Lipinski definition) is 6. The van der Waals surface area contributed by atoms with Gasteiger partial charge in [0.2, 0.25) is 15.9 Å². The van der Waals surface area contributed by atoms with Crippen molar-refractivity contribution in [1.82, 2.24) is 19.1 Å². The van der Waals surface area contributed by atoms with Gasteiger partial charge in [-0.2, -0.15) is 9.40 Å². The first-order chi connectivity index (χ1) is 12.7. The molecule has 10 heteroatoms. The van der Waals surface area contributed by atoms with Crippen molar-refractivity contribution in [2.45, 2.75) is 45.2 Å². The number of carbonyl (C=O) groups is 1. The highest BCUT2D eigenvalue weighted by Gasteiger charge is 2.39.